The summed E-state index contributed by atoms with van der Waals surface area (Å²) in [6.07, 6.45) is 2.36. The lowest BCUT2D eigenvalue weighted by atomic mass is 10.1. The Morgan fingerprint density at radius 1 is 1.20 bits per heavy atom. The molecule has 164 valence electrons. The molecule has 0 atom stereocenters. The summed E-state index contributed by atoms with van der Waals surface area (Å²) in [5, 5.41) is 4.10. The Morgan fingerprint density at radius 2 is 1.97 bits per heavy atom. The molecule has 9 heteroatoms. The quantitative estimate of drug-likeness (QED) is 0.541. The van der Waals surface area contributed by atoms with Crippen molar-refractivity contribution in [2.75, 3.05) is 47.6 Å². The van der Waals surface area contributed by atoms with Crippen molar-refractivity contribution in [2.45, 2.75) is 25.4 Å². The van der Waals surface area contributed by atoms with Crippen LogP contribution in [0, 0.1) is 0 Å². The lowest BCUT2D eigenvalue weighted by molar-refractivity contribution is -0.0338. The first-order valence-electron chi connectivity index (χ1n) is 10.0. The first-order chi connectivity index (χ1) is 14.5. The number of ether oxygens (including phenoxy) is 4. The van der Waals surface area contributed by atoms with Gasteiger partial charge in [-0.05, 0) is 70.2 Å². The second kappa shape index (κ2) is 10.3. The van der Waals surface area contributed by atoms with Crippen LogP contribution >= 0.6 is 0 Å². The van der Waals surface area contributed by atoms with E-state index in [0.29, 0.717) is 11.3 Å². The largest absolute Gasteiger partial charge is 0.511 e. The van der Waals surface area contributed by atoms with Crippen molar-refractivity contribution >= 4 is 23.2 Å². The van der Waals surface area contributed by atoms with Gasteiger partial charge in [-0.15, -0.1) is 0 Å². The molecule has 0 spiro atoms. The summed E-state index contributed by atoms with van der Waals surface area (Å²) >= 11 is 0. The summed E-state index contributed by atoms with van der Waals surface area (Å²) in [5.74, 6) is 0.712. The summed E-state index contributed by atoms with van der Waals surface area (Å²) in [6.45, 7) is 1.92. The van der Waals surface area contributed by atoms with Crippen LogP contribution in [0.5, 0.6) is 5.75 Å². The number of likely N-dealkylation sites (N-methyl/N-ethyl adjacent to an activating group) is 1. The fourth-order valence-corrected chi connectivity index (χ4v) is 3.38. The van der Waals surface area contributed by atoms with Crippen LogP contribution in [-0.2, 0) is 20.6 Å². The fraction of sp³-hybridized carbons (Fsp3) is 0.524. The zero-order chi connectivity index (χ0) is 21.5. The molecule has 0 bridgehead atoms. The first-order valence-corrected chi connectivity index (χ1v) is 10.0. The minimum Gasteiger partial charge on any atom is -0.497 e. The number of piperidine rings is 1. The number of carbonyl (C=O) groups excluding carboxylic acids is 2. The van der Waals surface area contributed by atoms with E-state index in [1.807, 2.05) is 20.2 Å². The van der Waals surface area contributed by atoms with Crippen molar-refractivity contribution in [1.29, 1.82) is 0 Å². The zero-order valence-electron chi connectivity index (χ0n) is 17.7. The van der Waals surface area contributed by atoms with Crippen molar-refractivity contribution in [1.82, 2.24) is 14.8 Å². The van der Waals surface area contributed by atoms with Crippen LogP contribution in [0.1, 0.15) is 18.4 Å². The molecule has 1 N–H and O–H groups in total. The van der Waals surface area contributed by atoms with Crippen LogP contribution < -0.4 is 10.1 Å². The van der Waals surface area contributed by atoms with Gasteiger partial charge in [0, 0.05) is 18.1 Å². The number of hydrogen-bond acceptors (Lipinski definition) is 8. The number of hydrogen-bond donors (Lipinski definition) is 1. The van der Waals surface area contributed by atoms with Gasteiger partial charge in [0.2, 0.25) is 6.79 Å². The molecule has 2 heterocycles. The number of aromatic nitrogens is 1. The number of methoxy groups -OCH3 is 1. The molecule has 1 fully saturated rings. The van der Waals surface area contributed by atoms with Crippen LogP contribution in [0.4, 0.5) is 9.59 Å². The molecular formula is C21H29N3O6. The van der Waals surface area contributed by atoms with Gasteiger partial charge in [0.05, 0.1) is 12.6 Å². The van der Waals surface area contributed by atoms with Gasteiger partial charge in [-0.3, -0.25) is 4.57 Å². The minimum absolute atomic E-state index is 0.169. The van der Waals surface area contributed by atoms with E-state index in [0.717, 1.165) is 49.8 Å². The standard InChI is InChI=1S/C21H29N3O6/c1-23(2)11-8-15-13-24(19-5-4-17(27-3)12-18(15)19)20(25)28-14-29-21(26)30-16-6-9-22-10-7-16/h4-5,12-13,16,22H,6-11,14H2,1-3H3. The monoisotopic (exact) mass is 419 g/mol. The van der Waals surface area contributed by atoms with Crippen LogP contribution in [0.15, 0.2) is 24.4 Å². The van der Waals surface area contributed by atoms with Crippen LogP contribution in [0.2, 0.25) is 0 Å². The third kappa shape index (κ3) is 5.64. The third-order valence-electron chi connectivity index (χ3n) is 5.03. The number of carbonyl (C=O) groups is 2. The second-order valence-electron chi connectivity index (χ2n) is 7.45. The summed E-state index contributed by atoms with van der Waals surface area (Å²) in [7, 11) is 5.59. The number of nitrogens with zero attached hydrogens (tertiary/aromatic N) is 2. The van der Waals surface area contributed by atoms with Crippen LogP contribution in [0.3, 0.4) is 0 Å². The van der Waals surface area contributed by atoms with E-state index in [-0.39, 0.29) is 6.10 Å². The molecule has 1 saturated heterocycles. The molecule has 0 saturated carbocycles. The van der Waals surface area contributed by atoms with Crippen molar-refractivity contribution < 1.29 is 28.5 Å². The third-order valence-corrected chi connectivity index (χ3v) is 5.03. The average molecular weight is 419 g/mol. The summed E-state index contributed by atoms with van der Waals surface area (Å²) in [6, 6.07) is 5.49. The maximum absolute atomic E-state index is 12.6. The maximum atomic E-state index is 12.6. The van der Waals surface area contributed by atoms with Crippen LogP contribution in [-0.4, -0.2) is 75.5 Å². The van der Waals surface area contributed by atoms with Gasteiger partial charge < -0.3 is 29.2 Å². The van der Waals surface area contributed by atoms with E-state index in [1.165, 1.54) is 4.57 Å². The number of rotatable bonds is 7. The van der Waals surface area contributed by atoms with Gasteiger partial charge in [-0.1, -0.05) is 0 Å². The van der Waals surface area contributed by atoms with E-state index in [2.05, 4.69) is 10.2 Å². The summed E-state index contributed by atoms with van der Waals surface area (Å²) < 4.78 is 22.0. The first kappa shape index (κ1) is 21.9. The Morgan fingerprint density at radius 3 is 2.67 bits per heavy atom. The highest BCUT2D eigenvalue weighted by molar-refractivity contribution is 5.92. The van der Waals surface area contributed by atoms with Crippen molar-refractivity contribution in [3.8, 4) is 5.75 Å². The molecule has 30 heavy (non-hydrogen) atoms. The topological polar surface area (TPSA) is 91.3 Å². The van der Waals surface area contributed by atoms with Gasteiger partial charge in [0.15, 0.2) is 0 Å². The molecule has 0 aliphatic carbocycles. The highest BCUT2D eigenvalue weighted by atomic mass is 16.8. The molecule has 3 rings (SSSR count). The summed E-state index contributed by atoms with van der Waals surface area (Å²) in [5.41, 5.74) is 1.70. The van der Waals surface area contributed by atoms with Gasteiger partial charge in [-0.25, -0.2) is 9.59 Å². The average Bonchev–Trinajstić information content (AvgIpc) is 3.10. The van der Waals surface area contributed by atoms with Crippen molar-refractivity contribution in [3.05, 3.63) is 30.0 Å². The zero-order valence-corrected chi connectivity index (χ0v) is 17.7. The van der Waals surface area contributed by atoms with Gasteiger partial charge in [0.1, 0.15) is 11.9 Å². The SMILES string of the molecule is COc1ccc2c(c1)c(CCN(C)C)cn2C(=O)OCOC(=O)OC1CCNCC1. The molecular weight excluding hydrogens is 390 g/mol. The molecule has 0 unspecified atom stereocenters. The Hall–Kier alpha value is -2.78. The normalized spacial score (nSPS) is 14.7. The van der Waals surface area contributed by atoms with Crippen molar-refractivity contribution in [3.63, 3.8) is 0 Å². The van der Waals surface area contributed by atoms with E-state index in [9.17, 15) is 9.59 Å². The number of nitrogens with one attached hydrogen (secondary N) is 1. The Labute approximate surface area is 175 Å². The van der Waals surface area contributed by atoms with E-state index in [4.69, 9.17) is 18.9 Å². The Kier molecular flexibility index (Phi) is 7.53. The van der Waals surface area contributed by atoms with Gasteiger partial charge >= 0.3 is 12.2 Å². The molecule has 9 nitrogen and oxygen atoms in total. The highest BCUT2D eigenvalue weighted by Crippen LogP contribution is 2.27. The van der Waals surface area contributed by atoms with E-state index >= 15 is 0 Å². The smallest absolute Gasteiger partial charge is 0.497 e. The van der Waals surface area contributed by atoms with E-state index < -0.39 is 19.0 Å². The molecule has 0 amide bonds. The van der Waals surface area contributed by atoms with Crippen molar-refractivity contribution in [2.24, 2.45) is 0 Å². The van der Waals surface area contributed by atoms with E-state index in [1.54, 1.807) is 25.4 Å². The lowest BCUT2D eigenvalue weighted by Crippen LogP contribution is -2.34. The summed E-state index contributed by atoms with van der Waals surface area (Å²) in [4.78, 5) is 26.5. The molecule has 1 aromatic heterocycles. The second-order valence-corrected chi connectivity index (χ2v) is 7.45. The fourth-order valence-electron chi connectivity index (χ4n) is 3.38. The number of benzene rings is 1. The Bertz CT molecular complexity index is 873. The molecule has 1 aliphatic heterocycles. The minimum atomic E-state index is -0.830. The molecule has 1 aliphatic rings. The molecule has 0 radical (unpaired) electrons. The predicted molar refractivity (Wildman–Crippen MR) is 111 cm³/mol. The Balaban J connectivity index is 1.63. The van der Waals surface area contributed by atoms with Gasteiger partial charge in [-0.2, -0.15) is 0 Å². The van der Waals surface area contributed by atoms with Gasteiger partial charge in [0.25, 0.3) is 0 Å². The predicted octanol–water partition coefficient (Wildman–Crippen LogP) is 2.60. The molecule has 1 aromatic carbocycles. The molecule has 2 aromatic rings. The highest BCUT2D eigenvalue weighted by Gasteiger charge is 2.20. The number of fused-ring (bicyclic) bond motifs is 1. The lowest BCUT2D eigenvalue weighted by Gasteiger charge is -2.22. The maximum Gasteiger partial charge on any atom is 0.511 e. The van der Waals surface area contributed by atoms with Crippen LogP contribution in [0.25, 0.3) is 10.9 Å².